The number of hydrogen-bond acceptors (Lipinski definition) is 6. The Morgan fingerprint density at radius 2 is 1.92 bits per heavy atom. The van der Waals surface area contributed by atoms with Crippen LogP contribution in [0.5, 0.6) is 5.75 Å². The van der Waals surface area contributed by atoms with Crippen molar-refractivity contribution >= 4 is 40.1 Å². The molecule has 1 amide bonds. The van der Waals surface area contributed by atoms with Gasteiger partial charge in [-0.1, -0.05) is 41.9 Å². The van der Waals surface area contributed by atoms with Gasteiger partial charge in [-0.15, -0.1) is 11.3 Å². The first kappa shape index (κ1) is 25.9. The zero-order chi connectivity index (χ0) is 27.2. The normalized spacial score (nSPS) is 11.2. The van der Waals surface area contributed by atoms with Gasteiger partial charge in [0.1, 0.15) is 17.4 Å². The molecular formula is C30H22ClN5O2S. The van der Waals surface area contributed by atoms with Crippen molar-refractivity contribution in [1.29, 1.82) is 5.26 Å². The van der Waals surface area contributed by atoms with Crippen LogP contribution in [-0.2, 0) is 11.2 Å². The molecule has 0 saturated carbocycles. The van der Waals surface area contributed by atoms with Gasteiger partial charge in [-0.25, -0.2) is 9.67 Å². The highest BCUT2D eigenvalue weighted by Gasteiger charge is 2.17. The molecule has 0 aliphatic rings. The Kier molecular flexibility index (Phi) is 7.83. The first-order chi connectivity index (χ1) is 19.0. The van der Waals surface area contributed by atoms with E-state index in [0.717, 1.165) is 21.7 Å². The lowest BCUT2D eigenvalue weighted by Gasteiger charge is -2.03. The highest BCUT2D eigenvalue weighted by Crippen LogP contribution is 2.28. The molecule has 0 spiro atoms. The van der Waals surface area contributed by atoms with Crippen molar-refractivity contribution in [1.82, 2.24) is 14.8 Å². The molecule has 2 aromatic heterocycles. The molecule has 2 heterocycles. The van der Waals surface area contributed by atoms with Gasteiger partial charge >= 0.3 is 0 Å². The number of anilines is 1. The Labute approximate surface area is 234 Å². The quantitative estimate of drug-likeness (QED) is 0.169. The summed E-state index contributed by atoms with van der Waals surface area (Å²) in [5, 5.41) is 18.4. The fourth-order valence-corrected chi connectivity index (χ4v) is 5.00. The zero-order valence-electron chi connectivity index (χ0n) is 20.8. The van der Waals surface area contributed by atoms with Crippen LogP contribution in [0.15, 0.2) is 96.8 Å². The molecule has 5 aromatic rings. The number of hydrogen-bond donors (Lipinski definition) is 1. The van der Waals surface area contributed by atoms with E-state index >= 15 is 0 Å². The molecule has 39 heavy (non-hydrogen) atoms. The van der Waals surface area contributed by atoms with Crippen LogP contribution in [0.3, 0.4) is 0 Å². The molecule has 0 radical (unpaired) electrons. The number of carbonyl (C=O) groups is 1. The number of amides is 1. The van der Waals surface area contributed by atoms with Gasteiger partial charge in [0.05, 0.1) is 18.5 Å². The molecule has 0 unspecified atom stereocenters. The van der Waals surface area contributed by atoms with Crippen molar-refractivity contribution in [2.45, 2.75) is 6.42 Å². The number of para-hydroxylation sites is 1. The number of benzene rings is 3. The van der Waals surface area contributed by atoms with Crippen molar-refractivity contribution in [2.24, 2.45) is 0 Å². The van der Waals surface area contributed by atoms with Crippen molar-refractivity contribution in [3.05, 3.63) is 118 Å². The van der Waals surface area contributed by atoms with Gasteiger partial charge in [0.15, 0.2) is 5.13 Å². The molecule has 0 aliphatic heterocycles. The maximum Gasteiger partial charge on any atom is 0.268 e. The van der Waals surface area contributed by atoms with Crippen LogP contribution in [0.4, 0.5) is 5.13 Å². The lowest BCUT2D eigenvalue weighted by molar-refractivity contribution is -0.112. The Balaban J connectivity index is 1.42. The van der Waals surface area contributed by atoms with Gasteiger partial charge in [-0.05, 0) is 60.2 Å². The third-order valence-electron chi connectivity index (χ3n) is 5.83. The zero-order valence-corrected chi connectivity index (χ0v) is 22.4. The van der Waals surface area contributed by atoms with Crippen LogP contribution in [0.25, 0.3) is 23.0 Å². The summed E-state index contributed by atoms with van der Waals surface area (Å²) in [5.74, 6) is 0.169. The molecule has 0 bridgehead atoms. The highest BCUT2D eigenvalue weighted by molar-refractivity contribution is 7.15. The van der Waals surface area contributed by atoms with Gasteiger partial charge in [-0.2, -0.15) is 10.4 Å². The van der Waals surface area contributed by atoms with E-state index in [2.05, 4.69) is 10.3 Å². The van der Waals surface area contributed by atoms with Gasteiger partial charge in [0, 0.05) is 39.8 Å². The monoisotopic (exact) mass is 551 g/mol. The first-order valence-electron chi connectivity index (χ1n) is 11.9. The summed E-state index contributed by atoms with van der Waals surface area (Å²) in [7, 11) is 1.60. The minimum absolute atomic E-state index is 0.0658. The highest BCUT2D eigenvalue weighted by atomic mass is 35.5. The summed E-state index contributed by atoms with van der Waals surface area (Å²) in [6, 6.07) is 26.7. The van der Waals surface area contributed by atoms with E-state index in [-0.39, 0.29) is 5.57 Å². The Bertz CT molecular complexity index is 1680. The average Bonchev–Trinajstić information content (AvgIpc) is 3.59. The number of carbonyl (C=O) groups excluding carboxylic acids is 1. The number of methoxy groups -OCH3 is 1. The standard InChI is InChI=1S/C30H22ClN5O2S/c1-38-26-12-10-21(11-13-26)28-23(19-36(35-28)25-8-3-2-4-9-25)16-22(17-32)29(37)34-30-33-18-27(39-30)15-20-6-5-7-24(31)14-20/h2-14,16,18-19H,15H2,1H3,(H,33,34,37)/b22-16+. The summed E-state index contributed by atoms with van der Waals surface area (Å²) >= 11 is 7.43. The van der Waals surface area contributed by atoms with Crippen LogP contribution in [-0.4, -0.2) is 27.8 Å². The number of ether oxygens (including phenoxy) is 1. The van der Waals surface area contributed by atoms with Crippen molar-refractivity contribution < 1.29 is 9.53 Å². The van der Waals surface area contributed by atoms with E-state index in [0.29, 0.717) is 33.6 Å². The number of nitriles is 1. The van der Waals surface area contributed by atoms with Gasteiger partial charge in [-0.3, -0.25) is 10.1 Å². The van der Waals surface area contributed by atoms with Crippen molar-refractivity contribution in [3.63, 3.8) is 0 Å². The van der Waals surface area contributed by atoms with Crippen LogP contribution in [0, 0.1) is 11.3 Å². The fraction of sp³-hybridized carbons (Fsp3) is 0.0667. The van der Waals surface area contributed by atoms with E-state index in [9.17, 15) is 10.1 Å². The molecular weight excluding hydrogens is 530 g/mol. The summed E-state index contributed by atoms with van der Waals surface area (Å²) < 4.78 is 7.00. The second-order valence-electron chi connectivity index (χ2n) is 8.50. The minimum Gasteiger partial charge on any atom is -0.497 e. The SMILES string of the molecule is COc1ccc(-c2nn(-c3ccccc3)cc2/C=C(\C#N)C(=O)Nc2ncc(Cc3cccc(Cl)c3)s2)cc1. The number of nitrogens with zero attached hydrogens (tertiary/aromatic N) is 4. The second-order valence-corrected chi connectivity index (χ2v) is 10.1. The molecule has 9 heteroatoms. The van der Waals surface area contributed by atoms with E-state index in [1.165, 1.54) is 11.3 Å². The number of nitrogens with one attached hydrogen (secondary N) is 1. The van der Waals surface area contributed by atoms with Crippen LogP contribution >= 0.6 is 22.9 Å². The van der Waals surface area contributed by atoms with Crippen LogP contribution in [0.2, 0.25) is 5.02 Å². The summed E-state index contributed by atoms with van der Waals surface area (Å²) in [6.07, 6.45) is 5.69. The van der Waals surface area contributed by atoms with Crippen molar-refractivity contribution in [2.75, 3.05) is 12.4 Å². The maximum absolute atomic E-state index is 13.1. The molecule has 0 aliphatic carbocycles. The third kappa shape index (κ3) is 6.24. The van der Waals surface area contributed by atoms with Gasteiger partial charge in [0.2, 0.25) is 0 Å². The van der Waals surface area contributed by atoms with Gasteiger partial charge < -0.3 is 4.74 Å². The smallest absolute Gasteiger partial charge is 0.268 e. The molecule has 192 valence electrons. The summed E-state index contributed by atoms with van der Waals surface area (Å²) in [6.45, 7) is 0. The van der Waals surface area contributed by atoms with E-state index in [4.69, 9.17) is 21.4 Å². The lowest BCUT2D eigenvalue weighted by atomic mass is 10.1. The molecule has 7 nitrogen and oxygen atoms in total. The molecule has 0 atom stereocenters. The lowest BCUT2D eigenvalue weighted by Crippen LogP contribution is -2.13. The third-order valence-corrected chi connectivity index (χ3v) is 6.98. The number of aromatic nitrogens is 3. The minimum atomic E-state index is -0.547. The first-order valence-corrected chi connectivity index (χ1v) is 13.1. The predicted molar refractivity (Wildman–Crippen MR) is 154 cm³/mol. The summed E-state index contributed by atoms with van der Waals surface area (Å²) in [5.41, 5.74) is 3.90. The van der Waals surface area contributed by atoms with Gasteiger partial charge in [0.25, 0.3) is 5.91 Å². The number of halogens is 1. The van der Waals surface area contributed by atoms with Crippen LogP contribution in [0.1, 0.15) is 16.0 Å². The maximum atomic E-state index is 13.1. The van der Waals surface area contributed by atoms with Crippen LogP contribution < -0.4 is 10.1 Å². The van der Waals surface area contributed by atoms with E-state index < -0.39 is 5.91 Å². The van der Waals surface area contributed by atoms with Crippen molar-refractivity contribution in [3.8, 4) is 28.8 Å². The Hall–Kier alpha value is -4.71. The number of thiazole rings is 1. The molecule has 0 saturated heterocycles. The average molecular weight is 552 g/mol. The Morgan fingerprint density at radius 1 is 1.13 bits per heavy atom. The number of rotatable bonds is 8. The Morgan fingerprint density at radius 3 is 2.64 bits per heavy atom. The molecule has 0 fully saturated rings. The molecule has 5 rings (SSSR count). The topological polar surface area (TPSA) is 92.8 Å². The predicted octanol–water partition coefficient (Wildman–Crippen LogP) is 6.79. The fourth-order valence-electron chi connectivity index (χ4n) is 3.94. The van der Waals surface area contributed by atoms with E-state index in [1.54, 1.807) is 30.3 Å². The molecule has 3 aromatic carbocycles. The largest absolute Gasteiger partial charge is 0.497 e. The van der Waals surface area contributed by atoms with E-state index in [1.807, 2.05) is 84.9 Å². The second kappa shape index (κ2) is 11.8. The molecule has 1 N–H and O–H groups in total. The summed E-state index contributed by atoms with van der Waals surface area (Å²) in [4.78, 5) is 18.3.